The Morgan fingerprint density at radius 1 is 1.26 bits per heavy atom. The molecule has 2 fully saturated rings. The van der Waals surface area contributed by atoms with Gasteiger partial charge in [-0.15, -0.1) is 0 Å². The van der Waals surface area contributed by atoms with Gasteiger partial charge in [-0.05, 0) is 18.6 Å². The van der Waals surface area contributed by atoms with Crippen LogP contribution in [0.1, 0.15) is 12.8 Å². The minimum absolute atomic E-state index is 0.00229. The number of nitrogens with zero attached hydrogens (tertiary/aromatic N) is 2. The maximum Gasteiger partial charge on any atom is 0.317 e. The fraction of sp³-hybridized carbons (Fsp3) is 0.833. The van der Waals surface area contributed by atoms with Crippen molar-refractivity contribution < 1.29 is 14.7 Å². The molecule has 2 heterocycles. The molecule has 2 saturated heterocycles. The predicted molar refractivity (Wildman–Crippen MR) is 74.5 cm³/mol. The summed E-state index contributed by atoms with van der Waals surface area (Å²) in [6, 6.07) is 0.297. The molecule has 0 aromatic carbocycles. The van der Waals surface area contributed by atoms with Crippen molar-refractivity contribution in [3.05, 3.63) is 0 Å². The van der Waals surface area contributed by atoms with Gasteiger partial charge in [-0.3, -0.25) is 9.69 Å². The number of carboxylic acids is 1. The van der Waals surface area contributed by atoms with E-state index in [2.05, 4.69) is 5.32 Å². The second-order valence-corrected chi connectivity index (χ2v) is 6.17. The highest BCUT2D eigenvalue weighted by Gasteiger charge is 2.24. The number of hydrogen-bond acceptors (Lipinski definition) is 4. The van der Waals surface area contributed by atoms with E-state index in [9.17, 15) is 9.59 Å². The largest absolute Gasteiger partial charge is 0.480 e. The van der Waals surface area contributed by atoms with Crippen LogP contribution >= 0.6 is 11.8 Å². The number of rotatable bonds is 3. The maximum absolute atomic E-state index is 12.1. The van der Waals surface area contributed by atoms with E-state index in [1.165, 1.54) is 12.2 Å². The van der Waals surface area contributed by atoms with Crippen molar-refractivity contribution in [1.82, 2.24) is 15.1 Å². The van der Waals surface area contributed by atoms with Crippen LogP contribution in [0.25, 0.3) is 0 Å². The fourth-order valence-corrected chi connectivity index (χ4v) is 3.49. The van der Waals surface area contributed by atoms with Crippen LogP contribution in [-0.4, -0.2) is 77.2 Å². The van der Waals surface area contributed by atoms with E-state index in [1.54, 1.807) is 4.90 Å². The lowest BCUT2D eigenvalue weighted by Crippen LogP contribution is -2.54. The highest BCUT2D eigenvalue weighted by atomic mass is 32.2. The van der Waals surface area contributed by atoms with Gasteiger partial charge in [-0.1, -0.05) is 0 Å². The fourth-order valence-electron chi connectivity index (χ4n) is 2.42. The summed E-state index contributed by atoms with van der Waals surface area (Å²) in [7, 11) is 0. The lowest BCUT2D eigenvalue weighted by molar-refractivity contribution is -0.138. The molecule has 2 amide bonds. The van der Waals surface area contributed by atoms with Crippen LogP contribution in [0.4, 0.5) is 4.79 Å². The van der Waals surface area contributed by atoms with Gasteiger partial charge in [-0.2, -0.15) is 11.8 Å². The number of carboxylic acid groups (broad SMARTS) is 1. The molecule has 19 heavy (non-hydrogen) atoms. The topological polar surface area (TPSA) is 72.9 Å². The third-order valence-electron chi connectivity index (χ3n) is 3.51. The van der Waals surface area contributed by atoms with Gasteiger partial charge in [0.05, 0.1) is 6.54 Å². The molecule has 108 valence electrons. The number of hydrogen-bond donors (Lipinski definition) is 2. The van der Waals surface area contributed by atoms with E-state index in [0.717, 1.165) is 12.2 Å². The highest BCUT2D eigenvalue weighted by molar-refractivity contribution is 7.99. The van der Waals surface area contributed by atoms with E-state index in [-0.39, 0.29) is 12.6 Å². The monoisotopic (exact) mass is 287 g/mol. The van der Waals surface area contributed by atoms with E-state index in [0.29, 0.717) is 32.2 Å². The summed E-state index contributed by atoms with van der Waals surface area (Å²) in [6.07, 6.45) is 2.24. The first-order chi connectivity index (χ1) is 9.15. The third kappa shape index (κ3) is 4.58. The van der Waals surface area contributed by atoms with Gasteiger partial charge in [-0.25, -0.2) is 4.79 Å². The Bertz CT molecular complexity index is 326. The molecule has 2 aliphatic heterocycles. The molecule has 2 N–H and O–H groups in total. The lowest BCUT2D eigenvalue weighted by atomic mass is 10.2. The van der Waals surface area contributed by atoms with Crippen LogP contribution in [0.15, 0.2) is 0 Å². The van der Waals surface area contributed by atoms with Gasteiger partial charge < -0.3 is 15.3 Å². The van der Waals surface area contributed by atoms with Crippen molar-refractivity contribution in [3.8, 4) is 0 Å². The van der Waals surface area contributed by atoms with E-state index >= 15 is 0 Å². The molecule has 0 aromatic heterocycles. The Hall–Kier alpha value is -0.950. The number of thioether (sulfide) groups is 1. The number of carbonyl (C=O) groups excluding carboxylic acids is 1. The summed E-state index contributed by atoms with van der Waals surface area (Å²) in [5, 5.41) is 11.8. The molecule has 0 aliphatic carbocycles. The number of amides is 2. The van der Waals surface area contributed by atoms with Crippen molar-refractivity contribution in [3.63, 3.8) is 0 Å². The minimum Gasteiger partial charge on any atom is -0.480 e. The van der Waals surface area contributed by atoms with E-state index in [4.69, 9.17) is 5.11 Å². The zero-order chi connectivity index (χ0) is 13.7. The first kappa shape index (κ1) is 14.5. The van der Waals surface area contributed by atoms with Gasteiger partial charge in [0.15, 0.2) is 0 Å². The summed E-state index contributed by atoms with van der Waals surface area (Å²) >= 11 is 1.89. The van der Waals surface area contributed by atoms with Crippen LogP contribution in [-0.2, 0) is 4.79 Å². The summed E-state index contributed by atoms with van der Waals surface area (Å²) in [5.74, 6) is 1.39. The molecule has 0 radical (unpaired) electrons. The first-order valence-corrected chi connectivity index (χ1v) is 7.88. The Labute approximate surface area is 117 Å². The first-order valence-electron chi connectivity index (χ1n) is 6.72. The number of carbonyl (C=O) groups is 2. The number of urea groups is 1. The molecule has 2 aliphatic rings. The molecule has 0 saturated carbocycles. The average molecular weight is 287 g/mol. The predicted octanol–water partition coefficient (Wildman–Crippen LogP) is 0.294. The van der Waals surface area contributed by atoms with Gasteiger partial charge in [0.2, 0.25) is 0 Å². The van der Waals surface area contributed by atoms with Crippen molar-refractivity contribution in [2.24, 2.45) is 0 Å². The lowest BCUT2D eigenvalue weighted by Gasteiger charge is -2.35. The molecule has 7 heteroatoms. The molecule has 1 unspecified atom stereocenters. The van der Waals surface area contributed by atoms with E-state index < -0.39 is 5.97 Å². The molecule has 0 bridgehead atoms. The minimum atomic E-state index is -0.808. The molecule has 0 aromatic rings. The second-order valence-electron chi connectivity index (χ2n) is 5.02. The van der Waals surface area contributed by atoms with Crippen LogP contribution in [0.5, 0.6) is 0 Å². The Morgan fingerprint density at radius 3 is 2.58 bits per heavy atom. The standard InChI is InChI=1S/C12H21N3O3S/c16-11(17)8-14-3-5-15(6-4-14)12(18)13-10-2-1-7-19-9-10/h10H,1-9H2,(H,13,18)(H,16,17). The maximum atomic E-state index is 12.1. The highest BCUT2D eigenvalue weighted by Crippen LogP contribution is 2.17. The molecule has 1 atom stereocenters. The van der Waals surface area contributed by atoms with Gasteiger partial charge in [0.25, 0.3) is 0 Å². The van der Waals surface area contributed by atoms with Crippen LogP contribution < -0.4 is 5.32 Å². The Kier molecular flexibility index (Phi) is 5.33. The summed E-state index contributed by atoms with van der Waals surface area (Å²) < 4.78 is 0. The zero-order valence-corrected chi connectivity index (χ0v) is 11.8. The average Bonchev–Trinajstić information content (AvgIpc) is 2.40. The van der Waals surface area contributed by atoms with Crippen LogP contribution in [0.3, 0.4) is 0 Å². The second kappa shape index (κ2) is 7.00. The van der Waals surface area contributed by atoms with Crippen molar-refractivity contribution in [2.75, 3.05) is 44.2 Å². The van der Waals surface area contributed by atoms with Crippen LogP contribution in [0.2, 0.25) is 0 Å². The molecule has 6 nitrogen and oxygen atoms in total. The normalized spacial score (nSPS) is 25.1. The number of aliphatic carboxylic acids is 1. The summed E-state index contributed by atoms with van der Waals surface area (Å²) in [6.45, 7) is 2.56. The molecular weight excluding hydrogens is 266 g/mol. The zero-order valence-electron chi connectivity index (χ0n) is 11.0. The SMILES string of the molecule is O=C(O)CN1CCN(C(=O)NC2CCCSC2)CC1. The third-order valence-corrected chi connectivity index (χ3v) is 4.72. The summed E-state index contributed by atoms with van der Waals surface area (Å²) in [5.41, 5.74) is 0. The number of nitrogens with one attached hydrogen (secondary N) is 1. The summed E-state index contributed by atoms with van der Waals surface area (Å²) in [4.78, 5) is 26.3. The molecule has 0 spiro atoms. The number of piperazine rings is 1. The smallest absolute Gasteiger partial charge is 0.317 e. The molecule has 2 rings (SSSR count). The van der Waals surface area contributed by atoms with E-state index in [1.807, 2.05) is 16.7 Å². The quantitative estimate of drug-likeness (QED) is 0.781. The van der Waals surface area contributed by atoms with Gasteiger partial charge >= 0.3 is 12.0 Å². The molecular formula is C12H21N3O3S. The van der Waals surface area contributed by atoms with Gasteiger partial charge in [0.1, 0.15) is 0 Å². The van der Waals surface area contributed by atoms with Crippen molar-refractivity contribution in [2.45, 2.75) is 18.9 Å². The van der Waals surface area contributed by atoms with Crippen molar-refractivity contribution >= 4 is 23.8 Å². The Balaban J connectivity index is 1.71. The van der Waals surface area contributed by atoms with Crippen molar-refractivity contribution in [1.29, 1.82) is 0 Å². The Morgan fingerprint density at radius 2 is 2.00 bits per heavy atom. The van der Waals surface area contributed by atoms with Gasteiger partial charge in [0, 0.05) is 38.0 Å². The van der Waals surface area contributed by atoms with Crippen LogP contribution in [0, 0.1) is 0 Å².